The van der Waals surface area contributed by atoms with Crippen LogP contribution in [0.1, 0.15) is 36.9 Å². The van der Waals surface area contributed by atoms with E-state index in [2.05, 4.69) is 23.3 Å². The molecule has 0 aliphatic carbocycles. The number of ether oxygens (including phenoxy) is 1. The van der Waals surface area contributed by atoms with E-state index in [9.17, 15) is 0 Å². The average molecular weight is 248 g/mol. The van der Waals surface area contributed by atoms with Crippen molar-refractivity contribution in [2.24, 2.45) is 0 Å². The van der Waals surface area contributed by atoms with Crippen molar-refractivity contribution in [1.29, 1.82) is 0 Å². The molecule has 2 heterocycles. The fourth-order valence-electron chi connectivity index (χ4n) is 2.57. The Morgan fingerprint density at radius 1 is 1.56 bits per heavy atom. The molecule has 1 N–H and O–H groups in total. The van der Waals surface area contributed by atoms with Crippen LogP contribution in [-0.2, 0) is 11.2 Å². The number of rotatable bonds is 6. The molecule has 1 saturated heterocycles. The summed E-state index contributed by atoms with van der Waals surface area (Å²) >= 11 is 0. The van der Waals surface area contributed by atoms with Crippen LogP contribution >= 0.6 is 0 Å². The van der Waals surface area contributed by atoms with Gasteiger partial charge in [-0.2, -0.15) is 0 Å². The Kier molecular flexibility index (Phi) is 5.14. The van der Waals surface area contributed by atoms with Gasteiger partial charge in [-0.05, 0) is 51.3 Å². The van der Waals surface area contributed by atoms with Gasteiger partial charge >= 0.3 is 0 Å². The third-order valence-electron chi connectivity index (χ3n) is 3.83. The Balaban J connectivity index is 1.83. The van der Waals surface area contributed by atoms with E-state index in [1.165, 1.54) is 24.1 Å². The molecule has 2 rings (SSSR count). The molecule has 3 nitrogen and oxygen atoms in total. The molecule has 2 unspecified atom stereocenters. The van der Waals surface area contributed by atoms with Crippen LogP contribution in [0.5, 0.6) is 0 Å². The van der Waals surface area contributed by atoms with Crippen LogP contribution in [0.25, 0.3) is 0 Å². The van der Waals surface area contributed by atoms with Gasteiger partial charge in [-0.1, -0.05) is 6.07 Å². The minimum Gasteiger partial charge on any atom is -0.378 e. The number of hydrogen-bond acceptors (Lipinski definition) is 3. The summed E-state index contributed by atoms with van der Waals surface area (Å²) in [6.45, 7) is 3.09. The molecule has 0 bridgehead atoms. The van der Waals surface area contributed by atoms with Crippen molar-refractivity contribution in [2.75, 3.05) is 13.7 Å². The highest BCUT2D eigenvalue weighted by molar-refractivity contribution is 5.18. The lowest BCUT2D eigenvalue weighted by atomic mass is 10.0. The van der Waals surface area contributed by atoms with Crippen molar-refractivity contribution in [3.05, 3.63) is 29.6 Å². The monoisotopic (exact) mass is 248 g/mol. The summed E-state index contributed by atoms with van der Waals surface area (Å²) in [4.78, 5) is 4.47. The number of likely N-dealkylation sites (N-methyl/N-ethyl adjacent to an activating group) is 1. The van der Waals surface area contributed by atoms with Gasteiger partial charge in [0.15, 0.2) is 0 Å². The topological polar surface area (TPSA) is 34.1 Å². The zero-order valence-electron chi connectivity index (χ0n) is 11.5. The second-order valence-corrected chi connectivity index (χ2v) is 5.17. The van der Waals surface area contributed by atoms with E-state index >= 15 is 0 Å². The zero-order valence-corrected chi connectivity index (χ0v) is 11.5. The lowest BCUT2D eigenvalue weighted by molar-refractivity contribution is 0.0998. The first-order valence-corrected chi connectivity index (χ1v) is 6.99. The van der Waals surface area contributed by atoms with Crippen LogP contribution in [0.2, 0.25) is 0 Å². The molecule has 0 aromatic carbocycles. The zero-order chi connectivity index (χ0) is 12.8. The summed E-state index contributed by atoms with van der Waals surface area (Å²) in [6.07, 6.45) is 8.18. The number of pyridine rings is 1. The number of aryl methyl sites for hydroxylation is 1. The van der Waals surface area contributed by atoms with Gasteiger partial charge in [0.1, 0.15) is 0 Å². The summed E-state index contributed by atoms with van der Waals surface area (Å²) in [6, 6.07) is 4.64. The summed E-state index contributed by atoms with van der Waals surface area (Å²) in [7, 11) is 2.04. The molecule has 100 valence electrons. The van der Waals surface area contributed by atoms with Crippen LogP contribution in [0.3, 0.4) is 0 Å². The number of nitrogens with one attached hydrogen (secondary N) is 1. The lowest BCUT2D eigenvalue weighted by Gasteiger charge is -2.18. The van der Waals surface area contributed by atoms with E-state index in [1.54, 1.807) is 0 Å². The number of nitrogens with zero attached hydrogens (tertiary/aromatic N) is 1. The van der Waals surface area contributed by atoms with Crippen LogP contribution in [0, 0.1) is 6.92 Å². The van der Waals surface area contributed by atoms with Gasteiger partial charge in [-0.15, -0.1) is 0 Å². The molecule has 2 atom stereocenters. The number of hydrogen-bond donors (Lipinski definition) is 1. The molecule has 0 saturated carbocycles. The molecule has 0 radical (unpaired) electrons. The minimum atomic E-state index is 0.491. The normalized spacial score (nSPS) is 21.1. The summed E-state index contributed by atoms with van der Waals surface area (Å²) in [5.41, 5.74) is 2.50. The first-order valence-electron chi connectivity index (χ1n) is 6.99. The second kappa shape index (κ2) is 6.86. The molecular formula is C15H24N2O. The Morgan fingerprint density at radius 3 is 3.11 bits per heavy atom. The lowest BCUT2D eigenvalue weighted by Crippen LogP contribution is -2.29. The molecule has 1 fully saturated rings. The SMILES string of the molecule is CNC(CCC1CCCO1)Cc1ncccc1C. The fourth-order valence-corrected chi connectivity index (χ4v) is 2.57. The van der Waals surface area contributed by atoms with E-state index in [0.717, 1.165) is 25.9 Å². The van der Waals surface area contributed by atoms with Gasteiger partial charge in [0.05, 0.1) is 6.10 Å². The van der Waals surface area contributed by atoms with Crippen molar-refractivity contribution in [1.82, 2.24) is 10.3 Å². The molecule has 18 heavy (non-hydrogen) atoms. The summed E-state index contributed by atoms with van der Waals surface area (Å²) in [5, 5.41) is 3.41. The molecule has 3 heteroatoms. The molecule has 0 spiro atoms. The third kappa shape index (κ3) is 3.79. The largest absolute Gasteiger partial charge is 0.378 e. The summed E-state index contributed by atoms with van der Waals surface area (Å²) in [5.74, 6) is 0. The van der Waals surface area contributed by atoms with E-state index in [4.69, 9.17) is 4.74 Å². The van der Waals surface area contributed by atoms with Gasteiger partial charge in [0.25, 0.3) is 0 Å². The van der Waals surface area contributed by atoms with E-state index < -0.39 is 0 Å². The standard InChI is InChI=1S/C15H24N2O/c1-12-5-3-9-17-15(12)11-13(16-2)7-8-14-6-4-10-18-14/h3,5,9,13-14,16H,4,6-8,10-11H2,1-2H3. The first kappa shape index (κ1) is 13.5. The smallest absolute Gasteiger partial charge is 0.0576 e. The maximum atomic E-state index is 5.68. The maximum Gasteiger partial charge on any atom is 0.0576 e. The average Bonchev–Trinajstić information content (AvgIpc) is 2.90. The highest BCUT2D eigenvalue weighted by atomic mass is 16.5. The Labute approximate surface area is 110 Å². The molecular weight excluding hydrogens is 224 g/mol. The molecule has 1 aromatic rings. The van der Waals surface area contributed by atoms with Gasteiger partial charge < -0.3 is 10.1 Å². The van der Waals surface area contributed by atoms with Crippen LogP contribution in [0.15, 0.2) is 18.3 Å². The van der Waals surface area contributed by atoms with E-state index in [0.29, 0.717) is 12.1 Å². The van der Waals surface area contributed by atoms with Crippen LogP contribution in [0.4, 0.5) is 0 Å². The van der Waals surface area contributed by atoms with Gasteiger partial charge in [-0.3, -0.25) is 4.98 Å². The van der Waals surface area contributed by atoms with Crippen molar-refractivity contribution in [2.45, 2.75) is 51.2 Å². The third-order valence-corrected chi connectivity index (χ3v) is 3.83. The van der Waals surface area contributed by atoms with Crippen LogP contribution < -0.4 is 5.32 Å². The predicted octanol–water partition coefficient (Wildman–Crippen LogP) is 2.48. The minimum absolute atomic E-state index is 0.491. The highest BCUT2D eigenvalue weighted by Gasteiger charge is 2.18. The molecule has 1 aliphatic heterocycles. The fraction of sp³-hybridized carbons (Fsp3) is 0.667. The van der Waals surface area contributed by atoms with E-state index in [-0.39, 0.29) is 0 Å². The van der Waals surface area contributed by atoms with Crippen molar-refractivity contribution in [3.63, 3.8) is 0 Å². The second-order valence-electron chi connectivity index (χ2n) is 5.17. The maximum absolute atomic E-state index is 5.68. The Bertz CT molecular complexity index is 361. The summed E-state index contributed by atoms with van der Waals surface area (Å²) < 4.78 is 5.68. The predicted molar refractivity (Wildman–Crippen MR) is 73.7 cm³/mol. The molecule has 1 aliphatic rings. The molecule has 0 amide bonds. The van der Waals surface area contributed by atoms with Crippen molar-refractivity contribution in [3.8, 4) is 0 Å². The molecule has 1 aromatic heterocycles. The van der Waals surface area contributed by atoms with Gasteiger partial charge in [0.2, 0.25) is 0 Å². The first-order chi connectivity index (χ1) is 8.79. The van der Waals surface area contributed by atoms with Crippen LogP contribution in [-0.4, -0.2) is 30.8 Å². The Morgan fingerprint density at radius 2 is 2.44 bits per heavy atom. The highest BCUT2D eigenvalue weighted by Crippen LogP contribution is 2.19. The van der Waals surface area contributed by atoms with Crippen molar-refractivity contribution >= 4 is 0 Å². The van der Waals surface area contributed by atoms with Gasteiger partial charge in [-0.25, -0.2) is 0 Å². The van der Waals surface area contributed by atoms with E-state index in [1.807, 2.05) is 19.3 Å². The quantitative estimate of drug-likeness (QED) is 0.840. The number of aromatic nitrogens is 1. The van der Waals surface area contributed by atoms with Gasteiger partial charge in [0, 0.05) is 31.0 Å². The Hall–Kier alpha value is -0.930. The van der Waals surface area contributed by atoms with Crippen molar-refractivity contribution < 1.29 is 4.74 Å².